The van der Waals surface area contributed by atoms with E-state index in [0.29, 0.717) is 21.8 Å². The molecule has 3 aromatic rings. The van der Waals surface area contributed by atoms with Crippen LogP contribution in [0.2, 0.25) is 5.02 Å². The van der Waals surface area contributed by atoms with Crippen molar-refractivity contribution in [2.45, 2.75) is 31.1 Å². The molecule has 0 spiro atoms. The van der Waals surface area contributed by atoms with Gasteiger partial charge in [-0.15, -0.1) is 0 Å². The first-order valence-electron chi connectivity index (χ1n) is 7.84. The fraction of sp³-hybridized carbons (Fsp3) is 0.294. The molecule has 1 unspecified atom stereocenters. The fourth-order valence-electron chi connectivity index (χ4n) is 2.75. The number of rotatable bonds is 5. The Morgan fingerprint density at radius 2 is 2.00 bits per heavy atom. The van der Waals surface area contributed by atoms with E-state index < -0.39 is 18.0 Å². The first-order chi connectivity index (χ1) is 12.7. The Morgan fingerprint density at radius 1 is 1.30 bits per heavy atom. The third kappa shape index (κ3) is 3.90. The van der Waals surface area contributed by atoms with Gasteiger partial charge in [-0.3, -0.25) is 4.68 Å². The molecule has 0 amide bonds. The second kappa shape index (κ2) is 7.65. The minimum atomic E-state index is -4.69. The molecule has 10 heteroatoms. The van der Waals surface area contributed by atoms with E-state index in [1.807, 2.05) is 0 Å². The quantitative estimate of drug-likeness (QED) is 0.530. The average molecular weight is 465 g/mol. The highest BCUT2D eigenvalue weighted by molar-refractivity contribution is 9.08. The molecule has 144 valence electrons. The number of aliphatic hydroxyl groups is 1. The lowest BCUT2D eigenvalue weighted by Gasteiger charge is -2.13. The summed E-state index contributed by atoms with van der Waals surface area (Å²) in [5.41, 5.74) is 0.0680. The van der Waals surface area contributed by atoms with Gasteiger partial charge in [0, 0.05) is 16.5 Å². The van der Waals surface area contributed by atoms with Crippen molar-refractivity contribution in [1.82, 2.24) is 14.9 Å². The summed E-state index contributed by atoms with van der Waals surface area (Å²) in [5.74, 6) is -0.0500. The van der Waals surface area contributed by atoms with Crippen molar-refractivity contribution in [1.29, 1.82) is 0 Å². The van der Waals surface area contributed by atoms with Gasteiger partial charge in [0.2, 0.25) is 0 Å². The Labute approximate surface area is 165 Å². The van der Waals surface area contributed by atoms with E-state index in [2.05, 4.69) is 26.2 Å². The molecular weight excluding hydrogens is 451 g/mol. The van der Waals surface area contributed by atoms with Crippen molar-refractivity contribution in [3.05, 3.63) is 46.7 Å². The highest BCUT2D eigenvalue weighted by Crippen LogP contribution is 2.42. The van der Waals surface area contributed by atoms with Crippen molar-refractivity contribution in [3.63, 3.8) is 0 Å². The molecule has 0 aliphatic carbocycles. The minimum absolute atomic E-state index is 0.0500. The largest absolute Gasteiger partial charge is 0.433 e. The van der Waals surface area contributed by atoms with Crippen molar-refractivity contribution in [2.24, 2.45) is 0 Å². The zero-order chi connectivity index (χ0) is 19.8. The predicted octanol–water partition coefficient (Wildman–Crippen LogP) is 5.15. The molecular formula is C17H14BrClF3N3O2. The molecule has 0 aliphatic heterocycles. The van der Waals surface area contributed by atoms with Crippen LogP contribution >= 0.6 is 27.5 Å². The van der Waals surface area contributed by atoms with Crippen LogP contribution in [0.5, 0.6) is 0 Å². The number of hydrogen-bond donors (Lipinski definition) is 1. The number of hydrogen-bond acceptors (Lipinski definition) is 4. The number of halogens is 5. The van der Waals surface area contributed by atoms with E-state index in [4.69, 9.17) is 16.1 Å². The van der Waals surface area contributed by atoms with Crippen LogP contribution in [-0.2, 0) is 18.1 Å². The van der Waals surface area contributed by atoms with E-state index in [1.165, 1.54) is 6.92 Å². The van der Waals surface area contributed by atoms with Gasteiger partial charge in [0.15, 0.2) is 11.5 Å². The maximum absolute atomic E-state index is 13.7. The normalized spacial score (nSPS) is 13.1. The van der Waals surface area contributed by atoms with Crippen LogP contribution in [0.15, 0.2) is 35.0 Å². The summed E-state index contributed by atoms with van der Waals surface area (Å²) in [6, 6.07) is 6.85. The van der Waals surface area contributed by atoms with Gasteiger partial charge in [-0.1, -0.05) is 50.9 Å². The molecule has 27 heavy (non-hydrogen) atoms. The third-order valence-corrected chi connectivity index (χ3v) is 4.73. The molecule has 2 heterocycles. The average Bonchev–Trinajstić information content (AvgIpc) is 3.17. The molecule has 1 aromatic carbocycles. The third-order valence-electron chi connectivity index (χ3n) is 3.84. The number of aliphatic hydroxyl groups excluding tert-OH is 1. The Morgan fingerprint density at radius 3 is 2.59 bits per heavy atom. The summed E-state index contributed by atoms with van der Waals surface area (Å²) < 4.78 is 47.0. The van der Waals surface area contributed by atoms with Gasteiger partial charge in [-0.05, 0) is 13.0 Å². The molecule has 1 atom stereocenters. The maximum atomic E-state index is 13.7. The predicted molar refractivity (Wildman–Crippen MR) is 97.5 cm³/mol. The molecule has 5 nitrogen and oxygen atoms in total. The van der Waals surface area contributed by atoms with Crippen LogP contribution in [0.4, 0.5) is 13.2 Å². The van der Waals surface area contributed by atoms with Crippen LogP contribution < -0.4 is 0 Å². The minimum Gasteiger partial charge on any atom is -0.391 e. The van der Waals surface area contributed by atoms with Gasteiger partial charge in [-0.25, -0.2) is 0 Å². The first kappa shape index (κ1) is 19.9. The van der Waals surface area contributed by atoms with Crippen LogP contribution in [0.3, 0.4) is 0 Å². The molecule has 2 aromatic heterocycles. The fourth-order valence-corrected chi connectivity index (χ4v) is 3.49. The summed E-state index contributed by atoms with van der Waals surface area (Å²) in [4.78, 5) is 0. The summed E-state index contributed by atoms with van der Waals surface area (Å²) in [6.07, 6.45) is -4.63. The Hall–Kier alpha value is -1.84. The zero-order valence-corrected chi connectivity index (χ0v) is 16.3. The summed E-state index contributed by atoms with van der Waals surface area (Å²) in [6.45, 7) is 1.08. The van der Waals surface area contributed by atoms with Crippen LogP contribution in [0.25, 0.3) is 22.6 Å². The number of aromatic nitrogens is 3. The molecule has 0 fully saturated rings. The molecule has 0 aliphatic rings. The Kier molecular flexibility index (Phi) is 5.64. The lowest BCUT2D eigenvalue weighted by atomic mass is 10.0. The highest BCUT2D eigenvalue weighted by Gasteiger charge is 2.40. The molecule has 0 saturated heterocycles. The van der Waals surface area contributed by atoms with Gasteiger partial charge in [0.1, 0.15) is 5.69 Å². The van der Waals surface area contributed by atoms with Gasteiger partial charge >= 0.3 is 6.18 Å². The van der Waals surface area contributed by atoms with Crippen LogP contribution in [0, 0.1) is 0 Å². The SMILES string of the molecule is CC(O)Cn1ncc(-c2onc(-c3ccccc3Cl)c2CBr)c1C(F)(F)F. The van der Waals surface area contributed by atoms with Crippen molar-refractivity contribution >= 4 is 27.5 Å². The summed E-state index contributed by atoms with van der Waals surface area (Å²) >= 11 is 9.48. The lowest BCUT2D eigenvalue weighted by Crippen LogP contribution is -2.20. The molecule has 0 bridgehead atoms. The molecule has 0 radical (unpaired) electrons. The standard InChI is InChI=1S/C17H14BrClF3N3O2/c1-9(26)8-25-16(17(20,21)22)12(7-23-25)15-11(6-18)14(24-27-15)10-4-2-3-5-13(10)19/h2-5,7,9,26H,6,8H2,1H3. The topological polar surface area (TPSA) is 64.1 Å². The molecule has 3 rings (SSSR count). The van der Waals surface area contributed by atoms with Crippen molar-refractivity contribution < 1.29 is 22.8 Å². The van der Waals surface area contributed by atoms with Gasteiger partial charge < -0.3 is 9.63 Å². The number of alkyl halides is 4. The van der Waals surface area contributed by atoms with Crippen molar-refractivity contribution in [3.8, 4) is 22.6 Å². The van der Waals surface area contributed by atoms with E-state index in [1.54, 1.807) is 24.3 Å². The van der Waals surface area contributed by atoms with E-state index in [0.717, 1.165) is 10.9 Å². The number of benzene rings is 1. The van der Waals surface area contributed by atoms with Crippen LogP contribution in [0.1, 0.15) is 18.2 Å². The second-order valence-corrected chi connectivity index (χ2v) is 6.86. The first-order valence-corrected chi connectivity index (χ1v) is 9.34. The zero-order valence-electron chi connectivity index (χ0n) is 14.0. The van der Waals surface area contributed by atoms with Gasteiger partial charge in [0.25, 0.3) is 0 Å². The highest BCUT2D eigenvalue weighted by atomic mass is 79.9. The lowest BCUT2D eigenvalue weighted by molar-refractivity contribution is -0.144. The van der Waals surface area contributed by atoms with Gasteiger partial charge in [-0.2, -0.15) is 18.3 Å². The van der Waals surface area contributed by atoms with Gasteiger partial charge in [0.05, 0.1) is 29.4 Å². The van der Waals surface area contributed by atoms with Crippen molar-refractivity contribution in [2.75, 3.05) is 0 Å². The smallest absolute Gasteiger partial charge is 0.391 e. The van der Waals surface area contributed by atoms with E-state index in [9.17, 15) is 18.3 Å². The van der Waals surface area contributed by atoms with E-state index in [-0.39, 0.29) is 23.2 Å². The maximum Gasteiger partial charge on any atom is 0.433 e. The second-order valence-electron chi connectivity index (χ2n) is 5.89. The molecule has 0 saturated carbocycles. The summed E-state index contributed by atoms with van der Waals surface area (Å²) in [7, 11) is 0. The monoisotopic (exact) mass is 463 g/mol. The Balaban J connectivity index is 2.19. The number of nitrogens with zero attached hydrogens (tertiary/aromatic N) is 3. The van der Waals surface area contributed by atoms with Crippen LogP contribution in [-0.4, -0.2) is 26.1 Å². The Bertz CT molecular complexity index is 953. The van der Waals surface area contributed by atoms with E-state index >= 15 is 0 Å². The summed E-state index contributed by atoms with van der Waals surface area (Å²) in [5, 5.41) is 17.8. The molecule has 1 N–H and O–H groups in total.